The molecule has 0 unspecified atom stereocenters. The van der Waals surface area contributed by atoms with Crippen LogP contribution in [0.5, 0.6) is 0 Å². The Morgan fingerprint density at radius 1 is 0.337 bits per heavy atom. The molecule has 0 N–H and O–H groups in total. The standard InChI is InChI=1S/C41H50N10.4CHF3O3S/c1-42(2)32-11-21-47(22-12-32)37-31-38(48-23-13-33(14-24-48)43(3)4)40(50-27-17-35(18-28-50)45(7)8)41(51-29-19-36(20-30-51)46(9)10)39(37)49-25-15-34(16-26-49)44(5)6;4*2-1(3,4)8(5,6)7/h11-17,19-31H,1-10H3;4*(H,5,6,7)/q+4;;;;/p-4. The molecule has 22 nitrogen and oxygen atoms in total. The first-order valence-electron chi connectivity index (χ1n) is 22.1. The number of nitrogens with zero attached hydrogens (tertiary/aromatic N) is 10. The zero-order chi connectivity index (χ0) is 64.4. The smallest absolute Gasteiger partial charge is 0.485 e. The van der Waals surface area contributed by atoms with Crippen LogP contribution in [-0.2, 0) is 40.5 Å². The van der Waals surface area contributed by atoms with E-state index in [4.69, 9.17) is 51.9 Å². The Hall–Kier alpha value is -7.23. The van der Waals surface area contributed by atoms with Gasteiger partial charge in [0.15, 0.2) is 90.0 Å². The third kappa shape index (κ3) is 20.6. The summed E-state index contributed by atoms with van der Waals surface area (Å²) in [6.45, 7) is 0. The molecule has 460 valence electrons. The second-order valence-electron chi connectivity index (χ2n) is 17.3. The molecule has 0 aliphatic rings. The van der Waals surface area contributed by atoms with Gasteiger partial charge in [-0.05, 0) is 0 Å². The molecule has 0 atom stereocenters. The Balaban J connectivity index is 0.000000595. The fraction of sp³-hybridized carbons (Fsp3) is 0.311. The van der Waals surface area contributed by atoms with Gasteiger partial charge in [0, 0.05) is 142 Å². The summed E-state index contributed by atoms with van der Waals surface area (Å²) in [5, 5.41) is 0. The monoisotopic (exact) mass is 1280 g/mol. The molecular formula is C45H50F12N10O12S4. The molecule has 6 rings (SSSR count). The van der Waals surface area contributed by atoms with Crippen molar-refractivity contribution in [2.45, 2.75) is 22.0 Å². The zero-order valence-corrected chi connectivity index (χ0v) is 47.9. The molecule has 0 spiro atoms. The number of hydrogen-bond acceptors (Lipinski definition) is 17. The first-order chi connectivity index (χ1) is 37.4. The van der Waals surface area contributed by atoms with E-state index in [1.165, 1.54) is 0 Å². The lowest BCUT2D eigenvalue weighted by Crippen LogP contribution is -2.50. The molecular weight excluding hydrogens is 1230 g/mol. The van der Waals surface area contributed by atoms with E-state index in [-0.39, 0.29) is 0 Å². The van der Waals surface area contributed by atoms with Gasteiger partial charge in [-0.2, -0.15) is 81.6 Å². The number of hydrogen-bond donors (Lipinski definition) is 0. The first-order valence-corrected chi connectivity index (χ1v) is 27.7. The number of rotatable bonds is 10. The van der Waals surface area contributed by atoms with Crippen LogP contribution < -0.4 is 47.3 Å². The number of alkyl halides is 12. The molecule has 83 heavy (non-hydrogen) atoms. The Labute approximate surface area is 468 Å². The predicted octanol–water partition coefficient (Wildman–Crippen LogP) is 3.41. The van der Waals surface area contributed by atoms with Gasteiger partial charge in [-0.15, -0.1) is 11.8 Å². The van der Waals surface area contributed by atoms with Crippen molar-refractivity contribution in [3.63, 3.8) is 0 Å². The molecule has 5 aromatic heterocycles. The summed E-state index contributed by atoms with van der Waals surface area (Å²) in [4.78, 5) is 10.6. The van der Waals surface area contributed by atoms with E-state index in [0.29, 0.717) is 0 Å². The summed E-state index contributed by atoms with van der Waals surface area (Å²) in [6.07, 6.45) is 21.3. The number of benzene rings is 1. The van der Waals surface area contributed by atoms with E-state index in [0.717, 1.165) is 56.9 Å². The van der Waals surface area contributed by atoms with Gasteiger partial charge >= 0.3 is 39.1 Å². The minimum Gasteiger partial charge on any atom is -0.741 e. The lowest BCUT2D eigenvalue weighted by atomic mass is 10.1. The second kappa shape index (κ2) is 27.4. The van der Waals surface area contributed by atoms with Gasteiger partial charge in [0.05, 0.1) is 18.5 Å². The Kier molecular flexibility index (Phi) is 23.8. The maximum Gasteiger partial charge on any atom is 0.485 e. The summed E-state index contributed by atoms with van der Waals surface area (Å²) < 4.78 is 247. The highest BCUT2D eigenvalue weighted by atomic mass is 32.2. The second-order valence-corrected chi connectivity index (χ2v) is 22.8. The quantitative estimate of drug-likeness (QED) is 0.0625. The van der Waals surface area contributed by atoms with E-state index in [2.05, 4.69) is 226 Å². The molecule has 6 aromatic rings. The molecule has 0 bridgehead atoms. The fourth-order valence-corrected chi connectivity index (χ4v) is 6.05. The van der Waals surface area contributed by atoms with Gasteiger partial charge in [-0.3, -0.25) is 0 Å². The highest BCUT2D eigenvalue weighted by molar-refractivity contribution is 7.87. The number of pyridine rings is 5. The van der Waals surface area contributed by atoms with Gasteiger partial charge in [-0.1, -0.05) is 0 Å². The summed E-state index contributed by atoms with van der Waals surface area (Å²) in [5.41, 5.74) is -12.1. The highest BCUT2D eigenvalue weighted by Gasteiger charge is 2.45. The van der Waals surface area contributed by atoms with Crippen molar-refractivity contribution in [1.82, 2.24) is 0 Å². The van der Waals surface area contributed by atoms with E-state index in [9.17, 15) is 52.7 Å². The molecule has 0 saturated heterocycles. The third-order valence-corrected chi connectivity index (χ3v) is 12.5. The van der Waals surface area contributed by atoms with Gasteiger partial charge in [0.25, 0.3) is 11.4 Å². The van der Waals surface area contributed by atoms with E-state index in [1.807, 2.05) is 20.3 Å². The van der Waals surface area contributed by atoms with Crippen molar-refractivity contribution in [2.24, 2.45) is 0 Å². The van der Waals surface area contributed by atoms with Crippen molar-refractivity contribution in [1.29, 1.82) is 0 Å². The predicted molar refractivity (Wildman–Crippen MR) is 268 cm³/mol. The average Bonchev–Trinajstić information content (AvgIpc) is 2.07. The molecule has 5 heterocycles. The van der Waals surface area contributed by atoms with Crippen LogP contribution in [0, 0.1) is 6.07 Å². The summed E-state index contributed by atoms with van der Waals surface area (Å²) >= 11 is 0. The highest BCUT2D eigenvalue weighted by Crippen LogP contribution is 2.28. The van der Waals surface area contributed by atoms with Crippen LogP contribution in [0.25, 0.3) is 28.4 Å². The van der Waals surface area contributed by atoms with Crippen molar-refractivity contribution in [2.75, 3.05) is 95.0 Å². The van der Waals surface area contributed by atoms with E-state index >= 15 is 0 Å². The van der Waals surface area contributed by atoms with Crippen molar-refractivity contribution in [3.8, 4) is 28.4 Å². The molecule has 0 saturated carbocycles. The molecule has 0 aliphatic heterocycles. The zero-order valence-electron chi connectivity index (χ0n) is 44.6. The Bertz CT molecular complexity index is 3290. The van der Waals surface area contributed by atoms with Crippen LogP contribution in [0.4, 0.5) is 81.1 Å². The topological polar surface area (TPSA) is 264 Å². The van der Waals surface area contributed by atoms with Crippen molar-refractivity contribution in [3.05, 3.63) is 129 Å². The largest absolute Gasteiger partial charge is 0.741 e. The van der Waals surface area contributed by atoms with Gasteiger partial charge < -0.3 is 42.7 Å². The number of halogens is 12. The molecule has 0 amide bonds. The van der Waals surface area contributed by atoms with Crippen molar-refractivity contribution >= 4 is 68.9 Å². The normalized spacial score (nSPS) is 12.1. The van der Waals surface area contributed by atoms with E-state index in [1.54, 1.807) is 0 Å². The number of anilines is 5. The summed E-state index contributed by atoms with van der Waals surface area (Å²) in [5.74, 6) is 0. The van der Waals surface area contributed by atoms with Crippen molar-refractivity contribution < 1.29 is 127 Å². The molecule has 0 aliphatic carbocycles. The van der Waals surface area contributed by atoms with Crippen LogP contribution in [0.1, 0.15) is 0 Å². The molecule has 38 heteroatoms. The SMILES string of the molecule is CN(C)c1[c-]c[n+](-c2c(-[n+]3ccc(N(C)C)cc3)cc(-[n+]3ccc(N(C)C)cc3)c(-[n+]3ccc(N(C)C)cc3)c2-[n+]2ccc(N(C)C)cc2)cc1.O=S(=O)([O-])C(F)(F)F.O=S(=O)([O-])C(F)(F)F.O=S(=O)([O-])C(F)(F)F.O=S(=O)([O-])C(F)(F)F. The summed E-state index contributed by atoms with van der Waals surface area (Å²) in [7, 11) is -3.76. The van der Waals surface area contributed by atoms with Crippen LogP contribution in [0.15, 0.2) is 123 Å². The molecule has 1 aromatic carbocycles. The van der Waals surface area contributed by atoms with Gasteiger partial charge in [0.1, 0.15) is 0 Å². The molecule has 0 fully saturated rings. The minimum absolute atomic E-state index is 0.996. The number of aromatic nitrogens is 5. The fourth-order valence-electron chi connectivity index (χ4n) is 6.05. The minimum atomic E-state index is -6.09. The first kappa shape index (κ1) is 71.9. The maximum atomic E-state index is 10.7. The lowest BCUT2D eigenvalue weighted by Gasteiger charge is -2.18. The van der Waals surface area contributed by atoms with Crippen LogP contribution in [0.3, 0.4) is 0 Å². The maximum absolute atomic E-state index is 10.7. The van der Waals surface area contributed by atoms with Gasteiger partial charge in [0.2, 0.25) is 0 Å². The lowest BCUT2D eigenvalue weighted by molar-refractivity contribution is -0.670. The van der Waals surface area contributed by atoms with Crippen LogP contribution in [0.2, 0.25) is 0 Å². The average molecular weight is 1280 g/mol. The summed E-state index contributed by atoms with van der Waals surface area (Å²) in [6, 6.07) is 25.1. The van der Waals surface area contributed by atoms with Gasteiger partial charge in [-0.25, -0.2) is 33.7 Å². The molecule has 0 radical (unpaired) electrons. The third-order valence-electron chi connectivity index (χ3n) is 10.2. The Morgan fingerprint density at radius 2 is 0.542 bits per heavy atom. The Morgan fingerprint density at radius 3 is 0.735 bits per heavy atom. The van der Waals surface area contributed by atoms with Crippen LogP contribution >= 0.6 is 0 Å². The van der Waals surface area contributed by atoms with Crippen LogP contribution in [-0.4, -0.2) is 144 Å². The van der Waals surface area contributed by atoms with E-state index < -0.39 is 62.5 Å².